The van der Waals surface area contributed by atoms with Gasteiger partial charge in [-0.2, -0.15) is 0 Å². The van der Waals surface area contributed by atoms with Crippen molar-refractivity contribution in [2.45, 2.75) is 75.7 Å². The summed E-state index contributed by atoms with van der Waals surface area (Å²) in [5.74, 6) is -4.24. The summed E-state index contributed by atoms with van der Waals surface area (Å²) in [5, 5.41) is 26.4. The molecule has 0 fully saturated rings. The number of primary amides is 1. The van der Waals surface area contributed by atoms with Crippen LogP contribution >= 0.6 is 0 Å². The third-order valence-electron chi connectivity index (χ3n) is 5.58. The van der Waals surface area contributed by atoms with Crippen molar-refractivity contribution in [3.63, 3.8) is 0 Å². The van der Waals surface area contributed by atoms with E-state index in [1.807, 2.05) is 0 Å². The number of carbonyl (C=O) groups excluding carboxylic acids is 4. The molecule has 4 amide bonds. The lowest BCUT2D eigenvalue weighted by Gasteiger charge is -2.26. The van der Waals surface area contributed by atoms with E-state index in [-0.39, 0.29) is 25.7 Å². The van der Waals surface area contributed by atoms with Gasteiger partial charge in [-0.05, 0) is 44.7 Å². The Morgan fingerprint density at radius 2 is 1.49 bits per heavy atom. The number of carboxylic acids is 1. The largest absolute Gasteiger partial charge is 0.480 e. The summed E-state index contributed by atoms with van der Waals surface area (Å²) in [6.07, 6.45) is -0.215. The van der Waals surface area contributed by atoms with E-state index in [1.165, 1.54) is 6.92 Å². The molecule has 0 aliphatic heterocycles. The molecule has 0 saturated heterocycles. The molecule has 5 atom stereocenters. The van der Waals surface area contributed by atoms with Crippen molar-refractivity contribution in [3.8, 4) is 0 Å². The topological polar surface area (TPSA) is 240 Å². The van der Waals surface area contributed by atoms with E-state index in [2.05, 4.69) is 16.0 Å². The highest BCUT2D eigenvalue weighted by atomic mass is 16.4. The number of carbonyl (C=O) groups is 5. The van der Waals surface area contributed by atoms with Crippen molar-refractivity contribution in [1.29, 1.82) is 0 Å². The van der Waals surface area contributed by atoms with E-state index >= 15 is 0 Å². The summed E-state index contributed by atoms with van der Waals surface area (Å²) in [6.45, 7) is 1.59. The van der Waals surface area contributed by atoms with Gasteiger partial charge in [0, 0.05) is 12.8 Å². The normalized spacial score (nSPS) is 14.9. The first-order valence-electron chi connectivity index (χ1n) is 12.1. The van der Waals surface area contributed by atoms with Crippen LogP contribution in [0.25, 0.3) is 0 Å². The van der Waals surface area contributed by atoms with Crippen LogP contribution in [0.1, 0.15) is 44.6 Å². The highest BCUT2D eigenvalue weighted by Crippen LogP contribution is 2.08. The Bertz CT molecular complexity index is 912. The molecule has 0 aromatic heterocycles. The number of hydrogen-bond acceptors (Lipinski definition) is 8. The quantitative estimate of drug-likeness (QED) is 0.104. The van der Waals surface area contributed by atoms with Gasteiger partial charge >= 0.3 is 5.97 Å². The number of aliphatic carboxylic acids is 1. The number of benzene rings is 1. The van der Waals surface area contributed by atoms with Crippen molar-refractivity contribution >= 4 is 29.6 Å². The van der Waals surface area contributed by atoms with Gasteiger partial charge in [-0.25, -0.2) is 4.79 Å². The summed E-state index contributed by atoms with van der Waals surface area (Å²) in [4.78, 5) is 61.2. The number of carboxylic acid groups (broad SMARTS) is 1. The predicted octanol–water partition coefficient (Wildman–Crippen LogP) is -2.13. The second-order valence-electron chi connectivity index (χ2n) is 8.77. The summed E-state index contributed by atoms with van der Waals surface area (Å²) >= 11 is 0. The van der Waals surface area contributed by atoms with Crippen LogP contribution < -0.4 is 33.2 Å². The SMILES string of the molecule is CC(O)C(NC(=O)C(Cc1ccccc1)NC(=O)C(CCCCN)NC(=O)C(N)CCC(N)=O)C(=O)O. The standard InChI is InChI=1S/C24H38N6O7/c1-14(31)20(24(36)37)30-23(35)18(13-15-7-3-2-4-8-15)29-22(34)17(9-5-6-12-25)28-21(33)16(26)10-11-19(27)32/h2-4,7-8,14,16-18,20,31H,5-6,9-13,25-26H2,1H3,(H2,27,32)(H,28,33)(H,29,34)(H,30,35)(H,36,37). The van der Waals surface area contributed by atoms with Gasteiger partial charge in [-0.3, -0.25) is 19.2 Å². The van der Waals surface area contributed by atoms with Crippen LogP contribution in [0.2, 0.25) is 0 Å². The Balaban J connectivity index is 3.09. The Morgan fingerprint density at radius 1 is 0.892 bits per heavy atom. The highest BCUT2D eigenvalue weighted by Gasteiger charge is 2.32. The van der Waals surface area contributed by atoms with Gasteiger partial charge in [0.15, 0.2) is 6.04 Å². The van der Waals surface area contributed by atoms with Gasteiger partial charge in [0.05, 0.1) is 12.1 Å². The third kappa shape index (κ3) is 11.8. The molecular weight excluding hydrogens is 484 g/mol. The van der Waals surface area contributed by atoms with Crippen LogP contribution in [-0.4, -0.2) is 76.6 Å². The molecule has 37 heavy (non-hydrogen) atoms. The van der Waals surface area contributed by atoms with Gasteiger partial charge < -0.3 is 43.4 Å². The van der Waals surface area contributed by atoms with E-state index in [1.54, 1.807) is 30.3 Å². The maximum atomic E-state index is 13.2. The zero-order valence-electron chi connectivity index (χ0n) is 20.9. The minimum Gasteiger partial charge on any atom is -0.480 e. The van der Waals surface area contributed by atoms with Crippen molar-refractivity contribution in [2.75, 3.05) is 6.54 Å². The molecule has 1 rings (SSSR count). The molecule has 0 heterocycles. The molecule has 0 saturated carbocycles. The number of nitrogens with two attached hydrogens (primary N) is 3. The number of aliphatic hydroxyl groups is 1. The molecule has 5 unspecified atom stereocenters. The van der Waals surface area contributed by atoms with Crippen molar-refractivity contribution < 1.29 is 34.2 Å². The zero-order valence-corrected chi connectivity index (χ0v) is 20.9. The van der Waals surface area contributed by atoms with Crippen LogP contribution in [0.4, 0.5) is 0 Å². The molecule has 13 heteroatoms. The monoisotopic (exact) mass is 522 g/mol. The average Bonchev–Trinajstić information content (AvgIpc) is 2.84. The minimum atomic E-state index is -1.59. The molecule has 13 nitrogen and oxygen atoms in total. The molecule has 1 aromatic rings. The number of aliphatic hydroxyl groups excluding tert-OH is 1. The number of unbranched alkanes of at least 4 members (excludes halogenated alkanes) is 1. The first kappa shape index (κ1) is 31.5. The van der Waals surface area contributed by atoms with Crippen molar-refractivity contribution in [1.82, 2.24) is 16.0 Å². The van der Waals surface area contributed by atoms with E-state index in [4.69, 9.17) is 17.2 Å². The lowest BCUT2D eigenvalue weighted by Crippen LogP contribution is -2.58. The molecule has 11 N–H and O–H groups in total. The van der Waals surface area contributed by atoms with E-state index < -0.39 is 59.9 Å². The Morgan fingerprint density at radius 3 is 2.03 bits per heavy atom. The smallest absolute Gasteiger partial charge is 0.328 e. The van der Waals surface area contributed by atoms with Crippen LogP contribution in [0.15, 0.2) is 30.3 Å². The summed E-state index contributed by atoms with van der Waals surface area (Å²) in [6, 6.07) is 3.76. The zero-order chi connectivity index (χ0) is 28.0. The molecular formula is C24H38N6O7. The fourth-order valence-corrected chi connectivity index (χ4v) is 3.44. The maximum absolute atomic E-state index is 13.2. The predicted molar refractivity (Wildman–Crippen MR) is 135 cm³/mol. The molecule has 1 aromatic carbocycles. The number of nitrogens with one attached hydrogen (secondary N) is 3. The molecule has 0 bridgehead atoms. The second-order valence-corrected chi connectivity index (χ2v) is 8.77. The Hall–Kier alpha value is -3.55. The van der Waals surface area contributed by atoms with Gasteiger partial charge in [-0.1, -0.05) is 30.3 Å². The fourth-order valence-electron chi connectivity index (χ4n) is 3.44. The first-order valence-corrected chi connectivity index (χ1v) is 12.1. The van der Waals surface area contributed by atoms with Crippen LogP contribution in [-0.2, 0) is 30.4 Å². The third-order valence-corrected chi connectivity index (χ3v) is 5.58. The molecule has 206 valence electrons. The summed E-state index contributed by atoms with van der Waals surface area (Å²) in [7, 11) is 0. The van der Waals surface area contributed by atoms with E-state index in [0.29, 0.717) is 24.9 Å². The summed E-state index contributed by atoms with van der Waals surface area (Å²) < 4.78 is 0. The molecule has 0 aliphatic rings. The van der Waals surface area contributed by atoms with Crippen molar-refractivity contribution in [3.05, 3.63) is 35.9 Å². The lowest BCUT2D eigenvalue weighted by atomic mass is 10.0. The van der Waals surface area contributed by atoms with E-state index in [9.17, 15) is 34.2 Å². The number of rotatable bonds is 17. The lowest BCUT2D eigenvalue weighted by molar-refractivity contribution is -0.145. The minimum absolute atomic E-state index is 0.00668. The number of amides is 4. The fraction of sp³-hybridized carbons (Fsp3) is 0.542. The highest BCUT2D eigenvalue weighted by molar-refractivity contribution is 5.94. The summed E-state index contributed by atoms with van der Waals surface area (Å²) in [5.41, 5.74) is 17.1. The van der Waals surface area contributed by atoms with Crippen LogP contribution in [0, 0.1) is 0 Å². The Kier molecular flexibility index (Phi) is 13.8. The van der Waals surface area contributed by atoms with Gasteiger partial charge in [0.1, 0.15) is 12.1 Å². The molecule has 0 spiro atoms. The van der Waals surface area contributed by atoms with Gasteiger partial charge in [0.25, 0.3) is 0 Å². The van der Waals surface area contributed by atoms with Gasteiger partial charge in [0.2, 0.25) is 23.6 Å². The van der Waals surface area contributed by atoms with Crippen LogP contribution in [0.3, 0.4) is 0 Å². The first-order chi connectivity index (χ1) is 17.5. The maximum Gasteiger partial charge on any atom is 0.328 e. The molecule has 0 radical (unpaired) electrons. The average molecular weight is 523 g/mol. The van der Waals surface area contributed by atoms with Crippen LogP contribution in [0.5, 0.6) is 0 Å². The van der Waals surface area contributed by atoms with Crippen molar-refractivity contribution in [2.24, 2.45) is 17.2 Å². The van der Waals surface area contributed by atoms with Gasteiger partial charge in [-0.15, -0.1) is 0 Å². The molecule has 0 aliphatic carbocycles. The van der Waals surface area contributed by atoms with E-state index in [0.717, 1.165) is 0 Å². The number of hydrogen-bond donors (Lipinski definition) is 8. The second kappa shape index (κ2) is 16.2. The Labute approximate surface area is 215 Å².